The fourth-order valence-corrected chi connectivity index (χ4v) is 2.68. The fraction of sp³-hybridized carbons (Fsp3) is 0.429. The van der Waals surface area contributed by atoms with Crippen molar-refractivity contribution in [1.29, 1.82) is 0 Å². The van der Waals surface area contributed by atoms with Crippen LogP contribution in [0.15, 0.2) is 24.3 Å². The maximum absolute atomic E-state index is 11.6. The Morgan fingerprint density at radius 3 is 2.40 bits per heavy atom. The first-order valence-corrected chi connectivity index (χ1v) is 6.84. The molecular formula is C14H17ClN2O3. The summed E-state index contributed by atoms with van der Waals surface area (Å²) in [5.74, 6) is -0.872. The molecule has 1 unspecified atom stereocenters. The van der Waals surface area contributed by atoms with Gasteiger partial charge in [-0.2, -0.15) is 0 Å². The second-order valence-electron chi connectivity index (χ2n) is 4.84. The zero-order chi connectivity index (χ0) is 14.7. The van der Waals surface area contributed by atoms with Crippen molar-refractivity contribution < 1.29 is 14.7 Å². The highest BCUT2D eigenvalue weighted by atomic mass is 35.5. The van der Waals surface area contributed by atoms with Gasteiger partial charge in [0.15, 0.2) is 0 Å². The third-order valence-corrected chi connectivity index (χ3v) is 3.76. The molecule has 0 aliphatic carbocycles. The summed E-state index contributed by atoms with van der Waals surface area (Å²) in [5.41, 5.74) is 0.668. The van der Waals surface area contributed by atoms with Crippen molar-refractivity contribution in [2.75, 3.05) is 26.2 Å². The average molecular weight is 297 g/mol. The molecule has 1 N–H and O–H groups in total. The van der Waals surface area contributed by atoms with Gasteiger partial charge in [0, 0.05) is 38.1 Å². The number of hydrogen-bond acceptors (Lipinski definition) is 3. The first-order valence-electron chi connectivity index (χ1n) is 6.47. The van der Waals surface area contributed by atoms with Crippen molar-refractivity contribution in [3.8, 4) is 0 Å². The van der Waals surface area contributed by atoms with Gasteiger partial charge in [-0.1, -0.05) is 23.7 Å². The van der Waals surface area contributed by atoms with Gasteiger partial charge in [0.25, 0.3) is 0 Å². The van der Waals surface area contributed by atoms with Crippen molar-refractivity contribution in [3.63, 3.8) is 0 Å². The second-order valence-corrected chi connectivity index (χ2v) is 5.27. The normalized spacial score (nSPS) is 17.8. The molecule has 0 aromatic heterocycles. The van der Waals surface area contributed by atoms with Crippen LogP contribution in [0, 0.1) is 0 Å². The van der Waals surface area contributed by atoms with E-state index in [2.05, 4.69) is 0 Å². The number of nitrogens with zero attached hydrogens (tertiary/aromatic N) is 2. The molecule has 1 amide bonds. The number of carboxylic acid groups (broad SMARTS) is 1. The summed E-state index contributed by atoms with van der Waals surface area (Å²) in [5, 5.41) is 10.0. The molecule has 0 radical (unpaired) electrons. The molecule has 20 heavy (non-hydrogen) atoms. The number of halogens is 1. The molecule has 0 spiro atoms. The molecule has 2 rings (SSSR count). The highest BCUT2D eigenvalue weighted by Gasteiger charge is 2.30. The predicted molar refractivity (Wildman–Crippen MR) is 75.7 cm³/mol. The van der Waals surface area contributed by atoms with Crippen LogP contribution in [-0.2, 0) is 9.59 Å². The van der Waals surface area contributed by atoms with Crippen LogP contribution in [0.2, 0.25) is 5.02 Å². The highest BCUT2D eigenvalue weighted by Crippen LogP contribution is 2.25. The molecule has 1 fully saturated rings. The summed E-state index contributed by atoms with van der Waals surface area (Å²) < 4.78 is 0. The summed E-state index contributed by atoms with van der Waals surface area (Å²) in [4.78, 5) is 26.5. The monoisotopic (exact) mass is 296 g/mol. The van der Waals surface area contributed by atoms with Crippen LogP contribution in [0.1, 0.15) is 18.5 Å². The maximum atomic E-state index is 11.6. The van der Waals surface area contributed by atoms with Crippen molar-refractivity contribution in [3.05, 3.63) is 34.9 Å². The third-order valence-electron chi connectivity index (χ3n) is 3.52. The average Bonchev–Trinajstić information content (AvgIpc) is 2.39. The number of carboxylic acids is 1. The minimum atomic E-state index is -0.899. The van der Waals surface area contributed by atoms with E-state index in [1.807, 2.05) is 4.90 Å². The van der Waals surface area contributed by atoms with Crippen LogP contribution >= 0.6 is 11.6 Å². The smallest absolute Gasteiger partial charge is 0.325 e. The Morgan fingerprint density at radius 1 is 1.25 bits per heavy atom. The molecule has 108 valence electrons. The van der Waals surface area contributed by atoms with Gasteiger partial charge in [-0.3, -0.25) is 14.5 Å². The van der Waals surface area contributed by atoms with Crippen LogP contribution in [0.3, 0.4) is 0 Å². The minimum absolute atomic E-state index is 0.0271. The standard InChI is InChI=1S/C14H17ClN2O3/c1-10(18)16-5-7-17(8-6-16)13(14(19)20)11-3-2-4-12(15)9-11/h2-4,9,13H,5-8H2,1H3,(H,19,20). The van der Waals surface area contributed by atoms with Crippen LogP contribution < -0.4 is 0 Å². The summed E-state index contributed by atoms with van der Waals surface area (Å²) in [6.45, 7) is 3.73. The number of amides is 1. The zero-order valence-electron chi connectivity index (χ0n) is 11.3. The minimum Gasteiger partial charge on any atom is -0.480 e. The number of benzene rings is 1. The number of carbonyl (C=O) groups is 2. The zero-order valence-corrected chi connectivity index (χ0v) is 12.0. The summed E-state index contributed by atoms with van der Waals surface area (Å²) in [6.07, 6.45) is 0. The van der Waals surface area contributed by atoms with Gasteiger partial charge in [-0.05, 0) is 17.7 Å². The Labute approximate surface area is 122 Å². The number of piperazine rings is 1. The van der Waals surface area contributed by atoms with E-state index in [1.54, 1.807) is 29.2 Å². The molecule has 1 heterocycles. The number of carbonyl (C=O) groups excluding carboxylic acids is 1. The molecule has 6 heteroatoms. The molecule has 1 aromatic rings. The molecule has 1 saturated heterocycles. The lowest BCUT2D eigenvalue weighted by atomic mass is 10.0. The molecule has 5 nitrogen and oxygen atoms in total. The van der Waals surface area contributed by atoms with Crippen molar-refractivity contribution >= 4 is 23.5 Å². The lowest BCUT2D eigenvalue weighted by molar-refractivity contribution is -0.145. The van der Waals surface area contributed by atoms with Gasteiger partial charge < -0.3 is 10.0 Å². The van der Waals surface area contributed by atoms with Gasteiger partial charge in [0.05, 0.1) is 0 Å². The van der Waals surface area contributed by atoms with Crippen LogP contribution in [-0.4, -0.2) is 53.0 Å². The second kappa shape index (κ2) is 6.24. The van der Waals surface area contributed by atoms with E-state index >= 15 is 0 Å². The lowest BCUT2D eigenvalue weighted by Gasteiger charge is -2.37. The number of aliphatic carboxylic acids is 1. The molecule has 0 saturated carbocycles. The summed E-state index contributed by atoms with van der Waals surface area (Å²) in [7, 11) is 0. The van der Waals surface area contributed by atoms with E-state index in [1.165, 1.54) is 6.92 Å². The maximum Gasteiger partial charge on any atom is 0.325 e. The summed E-state index contributed by atoms with van der Waals surface area (Å²) >= 11 is 5.93. The first-order chi connectivity index (χ1) is 9.49. The summed E-state index contributed by atoms with van der Waals surface area (Å²) in [6, 6.07) is 6.19. The van der Waals surface area contributed by atoms with Crippen molar-refractivity contribution in [2.45, 2.75) is 13.0 Å². The Hall–Kier alpha value is -1.59. The van der Waals surface area contributed by atoms with Gasteiger partial charge in [0.1, 0.15) is 6.04 Å². The first kappa shape index (κ1) is 14.8. The fourth-order valence-electron chi connectivity index (χ4n) is 2.48. The topological polar surface area (TPSA) is 60.9 Å². The van der Waals surface area contributed by atoms with Crippen LogP contribution in [0.25, 0.3) is 0 Å². The Kier molecular flexibility index (Phi) is 4.62. The quantitative estimate of drug-likeness (QED) is 0.921. The van der Waals surface area contributed by atoms with Crippen molar-refractivity contribution in [2.24, 2.45) is 0 Å². The Balaban J connectivity index is 2.15. The predicted octanol–water partition coefficient (Wildman–Crippen LogP) is 1.63. The largest absolute Gasteiger partial charge is 0.480 e. The van der Waals surface area contributed by atoms with Crippen LogP contribution in [0.5, 0.6) is 0 Å². The van der Waals surface area contributed by atoms with Gasteiger partial charge >= 0.3 is 5.97 Å². The van der Waals surface area contributed by atoms with Crippen molar-refractivity contribution in [1.82, 2.24) is 9.80 Å². The number of rotatable bonds is 3. The SMILES string of the molecule is CC(=O)N1CCN(C(C(=O)O)c2cccc(Cl)c2)CC1. The Morgan fingerprint density at radius 2 is 1.90 bits per heavy atom. The molecular weight excluding hydrogens is 280 g/mol. The highest BCUT2D eigenvalue weighted by molar-refractivity contribution is 6.30. The van der Waals surface area contributed by atoms with E-state index in [9.17, 15) is 14.7 Å². The molecule has 1 aliphatic heterocycles. The third kappa shape index (κ3) is 3.29. The van der Waals surface area contributed by atoms with E-state index in [0.29, 0.717) is 36.8 Å². The lowest BCUT2D eigenvalue weighted by Crippen LogP contribution is -2.50. The Bertz CT molecular complexity index is 513. The molecule has 1 aliphatic rings. The van der Waals surface area contributed by atoms with Gasteiger partial charge in [0.2, 0.25) is 5.91 Å². The molecule has 1 aromatic carbocycles. The number of hydrogen-bond donors (Lipinski definition) is 1. The van der Waals surface area contributed by atoms with E-state index in [0.717, 1.165) is 0 Å². The molecule has 1 atom stereocenters. The van der Waals surface area contributed by atoms with E-state index < -0.39 is 12.0 Å². The molecule has 0 bridgehead atoms. The van der Waals surface area contributed by atoms with E-state index in [4.69, 9.17) is 11.6 Å². The van der Waals surface area contributed by atoms with Crippen LogP contribution in [0.4, 0.5) is 0 Å². The van der Waals surface area contributed by atoms with E-state index in [-0.39, 0.29) is 5.91 Å². The van der Waals surface area contributed by atoms with Gasteiger partial charge in [-0.15, -0.1) is 0 Å². The van der Waals surface area contributed by atoms with Gasteiger partial charge in [-0.25, -0.2) is 0 Å².